The molecule has 0 N–H and O–H groups in total. The lowest BCUT2D eigenvalue weighted by atomic mass is 9.94. The van der Waals surface area contributed by atoms with Crippen molar-refractivity contribution in [3.8, 4) is 0 Å². The highest BCUT2D eigenvalue weighted by Crippen LogP contribution is 2.32. The topological polar surface area (TPSA) is 61.2 Å². The molecule has 2 aliphatic heterocycles. The molecule has 208 valence electrons. The number of aromatic nitrogens is 2. The molecule has 3 aromatic rings. The van der Waals surface area contributed by atoms with Gasteiger partial charge in [0.1, 0.15) is 5.65 Å². The predicted molar refractivity (Wildman–Crippen MR) is 159 cm³/mol. The molecule has 2 fully saturated rings. The Bertz CT molecular complexity index is 1300. The molecule has 1 aromatic carbocycles. The van der Waals surface area contributed by atoms with Crippen LogP contribution >= 0.6 is 35.0 Å². The number of amides is 2. The fourth-order valence-electron chi connectivity index (χ4n) is 5.57. The zero-order chi connectivity index (χ0) is 27.4. The molecule has 7 nitrogen and oxygen atoms in total. The van der Waals surface area contributed by atoms with Crippen LogP contribution < -0.4 is 4.90 Å². The molecule has 0 aliphatic carbocycles. The van der Waals surface area contributed by atoms with Crippen molar-refractivity contribution in [3.63, 3.8) is 0 Å². The summed E-state index contributed by atoms with van der Waals surface area (Å²) in [5.74, 6) is 0.0892. The maximum absolute atomic E-state index is 13.7. The van der Waals surface area contributed by atoms with E-state index in [1.54, 1.807) is 19.1 Å². The standard InChI is InChI=1S/C29H35Cl2N5O2S/c1-21(37)34-17-8-22(9-18-34)29(38)35(23-6-7-25(30)26(31)20-23)14-3-13-33-15-10-24(11-16-33)39-28-5-2-4-27-32-12-19-36(27)28/h2,4-7,12,19-20,22,24H,3,8-11,13-18H2,1H3. The number of benzene rings is 1. The number of carbonyl (C=O) groups is 2. The van der Waals surface area contributed by atoms with Crippen LogP contribution in [0.5, 0.6) is 0 Å². The number of imidazole rings is 1. The SMILES string of the molecule is CC(=O)N1CCC(C(=O)N(CCCN2CCC(Sc3cccc4nccn34)CC2)c2ccc(Cl)c(Cl)c2)CC1. The Morgan fingerprint density at radius 3 is 2.51 bits per heavy atom. The molecule has 39 heavy (non-hydrogen) atoms. The number of anilines is 1. The highest BCUT2D eigenvalue weighted by atomic mass is 35.5. The lowest BCUT2D eigenvalue weighted by molar-refractivity contribution is -0.133. The van der Waals surface area contributed by atoms with Gasteiger partial charge in [-0.05, 0) is 82.1 Å². The van der Waals surface area contributed by atoms with Gasteiger partial charge in [-0.3, -0.25) is 14.0 Å². The molecule has 2 amide bonds. The minimum atomic E-state index is -0.0947. The van der Waals surface area contributed by atoms with Crippen molar-refractivity contribution in [2.24, 2.45) is 5.92 Å². The molecular weight excluding hydrogens is 553 g/mol. The number of carbonyl (C=O) groups excluding carboxylic acids is 2. The Kier molecular flexibility index (Phi) is 9.38. The van der Waals surface area contributed by atoms with E-state index in [0.29, 0.717) is 47.8 Å². The van der Waals surface area contributed by atoms with Crippen LogP contribution in [-0.2, 0) is 9.59 Å². The first-order chi connectivity index (χ1) is 18.9. The highest BCUT2D eigenvalue weighted by Gasteiger charge is 2.30. The third-order valence-electron chi connectivity index (χ3n) is 7.84. The molecular formula is C29H35Cl2N5O2S. The molecule has 5 rings (SSSR count). The summed E-state index contributed by atoms with van der Waals surface area (Å²) in [6, 6.07) is 11.7. The number of rotatable bonds is 8. The van der Waals surface area contributed by atoms with Crippen molar-refractivity contribution in [3.05, 3.63) is 58.8 Å². The van der Waals surface area contributed by atoms with E-state index < -0.39 is 0 Å². The number of nitrogens with zero attached hydrogens (tertiary/aromatic N) is 5. The summed E-state index contributed by atoms with van der Waals surface area (Å²) in [5.41, 5.74) is 1.77. The van der Waals surface area contributed by atoms with Crippen LogP contribution in [0.3, 0.4) is 0 Å². The zero-order valence-corrected chi connectivity index (χ0v) is 24.6. The summed E-state index contributed by atoms with van der Waals surface area (Å²) in [6.07, 6.45) is 8.41. The van der Waals surface area contributed by atoms with Gasteiger partial charge in [0.25, 0.3) is 0 Å². The van der Waals surface area contributed by atoms with Crippen molar-refractivity contribution < 1.29 is 9.59 Å². The Balaban J connectivity index is 1.15. The van der Waals surface area contributed by atoms with E-state index in [4.69, 9.17) is 23.2 Å². The Hall–Kier alpha value is -2.26. The average molecular weight is 589 g/mol. The first-order valence-corrected chi connectivity index (χ1v) is 15.4. The average Bonchev–Trinajstić information content (AvgIpc) is 3.43. The molecule has 0 spiro atoms. The second kappa shape index (κ2) is 12.9. The molecule has 2 aromatic heterocycles. The van der Waals surface area contributed by atoms with Crippen LogP contribution in [0.15, 0.2) is 53.8 Å². The lowest BCUT2D eigenvalue weighted by Gasteiger charge is -2.35. The maximum atomic E-state index is 13.7. The highest BCUT2D eigenvalue weighted by molar-refractivity contribution is 7.99. The first-order valence-electron chi connectivity index (χ1n) is 13.7. The Morgan fingerprint density at radius 1 is 1.03 bits per heavy atom. The van der Waals surface area contributed by atoms with Crippen molar-refractivity contribution in [2.75, 3.05) is 44.2 Å². The summed E-state index contributed by atoms with van der Waals surface area (Å²) in [4.78, 5) is 36.0. The first kappa shape index (κ1) is 28.3. The van der Waals surface area contributed by atoms with Crippen LogP contribution in [0.4, 0.5) is 5.69 Å². The van der Waals surface area contributed by atoms with Crippen molar-refractivity contribution >= 4 is 58.1 Å². The van der Waals surface area contributed by atoms with E-state index in [9.17, 15) is 9.59 Å². The van der Waals surface area contributed by atoms with E-state index in [1.165, 1.54) is 5.03 Å². The summed E-state index contributed by atoms with van der Waals surface area (Å²) in [5, 5.41) is 2.76. The quantitative estimate of drug-likeness (QED) is 0.329. The Morgan fingerprint density at radius 2 is 1.79 bits per heavy atom. The van der Waals surface area contributed by atoms with Gasteiger partial charge in [0.15, 0.2) is 0 Å². The zero-order valence-electron chi connectivity index (χ0n) is 22.3. The fraction of sp³-hybridized carbons (Fsp3) is 0.483. The monoisotopic (exact) mass is 587 g/mol. The fourth-order valence-corrected chi connectivity index (χ4v) is 7.08. The van der Waals surface area contributed by atoms with Crippen LogP contribution in [-0.4, -0.2) is 75.5 Å². The number of piperidine rings is 2. The van der Waals surface area contributed by atoms with Gasteiger partial charge in [0.2, 0.25) is 11.8 Å². The third-order valence-corrected chi connectivity index (χ3v) is 9.96. The number of fused-ring (bicyclic) bond motifs is 1. The molecule has 2 saturated heterocycles. The molecule has 10 heteroatoms. The van der Waals surface area contributed by atoms with Crippen LogP contribution in [0, 0.1) is 5.92 Å². The van der Waals surface area contributed by atoms with Gasteiger partial charge >= 0.3 is 0 Å². The van der Waals surface area contributed by atoms with E-state index in [-0.39, 0.29) is 17.7 Å². The Labute approximate surface area is 244 Å². The van der Waals surface area contributed by atoms with Crippen LogP contribution in [0.25, 0.3) is 5.65 Å². The third kappa shape index (κ3) is 6.91. The van der Waals surface area contributed by atoms with E-state index in [0.717, 1.165) is 50.2 Å². The minimum absolute atomic E-state index is 0.0724. The molecule has 0 unspecified atom stereocenters. The van der Waals surface area contributed by atoms with Crippen molar-refractivity contribution in [1.82, 2.24) is 19.2 Å². The molecule has 4 heterocycles. The van der Waals surface area contributed by atoms with E-state index >= 15 is 0 Å². The van der Waals surface area contributed by atoms with Crippen molar-refractivity contribution in [1.29, 1.82) is 0 Å². The normalized spacial score (nSPS) is 17.6. The lowest BCUT2D eigenvalue weighted by Crippen LogP contribution is -2.45. The number of thioether (sulfide) groups is 1. The molecule has 0 atom stereocenters. The summed E-state index contributed by atoms with van der Waals surface area (Å²) in [7, 11) is 0. The maximum Gasteiger partial charge on any atom is 0.230 e. The smallest absolute Gasteiger partial charge is 0.230 e. The summed E-state index contributed by atoms with van der Waals surface area (Å²) < 4.78 is 2.16. The number of likely N-dealkylation sites (tertiary alicyclic amines) is 2. The number of hydrogen-bond acceptors (Lipinski definition) is 5. The van der Waals surface area contributed by atoms with Gasteiger partial charge in [0, 0.05) is 55.8 Å². The van der Waals surface area contributed by atoms with Gasteiger partial charge in [-0.15, -0.1) is 11.8 Å². The van der Waals surface area contributed by atoms with Crippen LogP contribution in [0.1, 0.15) is 39.0 Å². The molecule has 0 radical (unpaired) electrons. The van der Waals surface area contributed by atoms with Gasteiger partial charge in [-0.1, -0.05) is 29.3 Å². The number of halogens is 2. The van der Waals surface area contributed by atoms with Gasteiger partial charge in [-0.25, -0.2) is 4.98 Å². The van der Waals surface area contributed by atoms with Gasteiger partial charge < -0.3 is 14.7 Å². The molecule has 0 saturated carbocycles. The van der Waals surface area contributed by atoms with Gasteiger partial charge in [0.05, 0.1) is 15.1 Å². The number of hydrogen-bond donors (Lipinski definition) is 0. The second-order valence-corrected chi connectivity index (χ2v) is 12.5. The van der Waals surface area contributed by atoms with Gasteiger partial charge in [-0.2, -0.15) is 0 Å². The summed E-state index contributed by atoms with van der Waals surface area (Å²) in [6.45, 7) is 6.53. The second-order valence-electron chi connectivity index (χ2n) is 10.4. The predicted octanol–water partition coefficient (Wildman–Crippen LogP) is 5.88. The van der Waals surface area contributed by atoms with E-state index in [1.807, 2.05) is 46.1 Å². The van der Waals surface area contributed by atoms with E-state index in [2.05, 4.69) is 26.4 Å². The molecule has 2 aliphatic rings. The van der Waals surface area contributed by atoms with Crippen LogP contribution in [0.2, 0.25) is 10.0 Å². The largest absolute Gasteiger partial charge is 0.343 e. The minimum Gasteiger partial charge on any atom is -0.343 e. The summed E-state index contributed by atoms with van der Waals surface area (Å²) >= 11 is 14.4. The number of pyridine rings is 1. The van der Waals surface area contributed by atoms with Crippen molar-refractivity contribution in [2.45, 2.75) is 49.3 Å². The molecule has 0 bridgehead atoms.